The Balaban J connectivity index is 2.62. The van der Waals surface area contributed by atoms with Crippen molar-refractivity contribution in [1.29, 1.82) is 0 Å². The van der Waals surface area contributed by atoms with Crippen LogP contribution in [0.5, 0.6) is 0 Å². The van der Waals surface area contributed by atoms with E-state index in [1.54, 1.807) is 24.5 Å². The lowest BCUT2D eigenvalue weighted by molar-refractivity contribution is -0.116. The van der Waals surface area contributed by atoms with E-state index in [2.05, 4.69) is 4.98 Å². The summed E-state index contributed by atoms with van der Waals surface area (Å²) < 4.78 is 4.79. The van der Waals surface area contributed by atoms with Gasteiger partial charge in [0.05, 0.1) is 12.7 Å². The maximum Gasteiger partial charge on any atom is 0.338 e. The Morgan fingerprint density at radius 3 is 2.45 bits per heavy atom. The van der Waals surface area contributed by atoms with Crippen molar-refractivity contribution in [3.05, 3.63) is 53.9 Å². The topological polar surface area (TPSA) is 56.3 Å². The summed E-state index contributed by atoms with van der Waals surface area (Å²) in [6.45, 7) is 1.50. The van der Waals surface area contributed by atoms with E-state index in [1.165, 1.54) is 14.0 Å². The fraction of sp³-hybridized carbons (Fsp3) is 0.188. The average molecular weight is 269 g/mol. The summed E-state index contributed by atoms with van der Waals surface area (Å²) in [6.07, 6.45) is 3.55. The molecule has 0 aliphatic heterocycles. The van der Waals surface area contributed by atoms with Crippen molar-refractivity contribution in [2.45, 2.75) is 13.3 Å². The number of pyridine rings is 1. The predicted molar refractivity (Wildman–Crippen MR) is 75.4 cm³/mol. The summed E-state index contributed by atoms with van der Waals surface area (Å²) in [4.78, 5) is 27.3. The SMILES string of the molecule is COC(=O)c1cccc(-c2ccncc2)c1CC(C)=O. The van der Waals surface area contributed by atoms with Crippen LogP contribution < -0.4 is 0 Å². The molecule has 102 valence electrons. The molecule has 0 spiro atoms. The lowest BCUT2D eigenvalue weighted by atomic mass is 9.93. The van der Waals surface area contributed by atoms with Crippen molar-refractivity contribution in [3.8, 4) is 11.1 Å². The van der Waals surface area contributed by atoms with E-state index in [9.17, 15) is 9.59 Å². The van der Waals surface area contributed by atoms with Gasteiger partial charge in [0.1, 0.15) is 5.78 Å². The first-order valence-corrected chi connectivity index (χ1v) is 6.23. The van der Waals surface area contributed by atoms with Gasteiger partial charge >= 0.3 is 5.97 Å². The summed E-state index contributed by atoms with van der Waals surface area (Å²) in [7, 11) is 1.33. The number of hydrogen-bond donors (Lipinski definition) is 0. The van der Waals surface area contributed by atoms with Gasteiger partial charge < -0.3 is 4.74 Å². The highest BCUT2D eigenvalue weighted by molar-refractivity contribution is 5.96. The van der Waals surface area contributed by atoms with Crippen LogP contribution in [0, 0.1) is 0 Å². The lowest BCUT2D eigenvalue weighted by Crippen LogP contribution is -2.10. The van der Waals surface area contributed by atoms with Crippen LogP contribution in [0.3, 0.4) is 0 Å². The maximum atomic E-state index is 11.9. The molecule has 20 heavy (non-hydrogen) atoms. The summed E-state index contributed by atoms with van der Waals surface area (Å²) in [5.41, 5.74) is 2.89. The molecule has 1 heterocycles. The monoisotopic (exact) mass is 269 g/mol. The van der Waals surface area contributed by atoms with Gasteiger partial charge in [-0.2, -0.15) is 0 Å². The smallest absolute Gasteiger partial charge is 0.338 e. The van der Waals surface area contributed by atoms with Crippen LogP contribution in [0.15, 0.2) is 42.7 Å². The van der Waals surface area contributed by atoms with E-state index in [1.807, 2.05) is 18.2 Å². The number of Topliss-reactive ketones (excluding diaryl/α,β-unsaturated/α-hetero) is 1. The third kappa shape index (κ3) is 2.91. The molecule has 1 aromatic carbocycles. The Labute approximate surface area is 117 Å². The van der Waals surface area contributed by atoms with Crippen molar-refractivity contribution in [1.82, 2.24) is 4.98 Å². The van der Waals surface area contributed by atoms with Gasteiger partial charge in [-0.15, -0.1) is 0 Å². The van der Waals surface area contributed by atoms with Crippen LogP contribution in [0.1, 0.15) is 22.8 Å². The van der Waals surface area contributed by atoms with Gasteiger partial charge in [0.25, 0.3) is 0 Å². The number of aromatic nitrogens is 1. The van der Waals surface area contributed by atoms with Crippen molar-refractivity contribution in [2.24, 2.45) is 0 Å². The number of ether oxygens (including phenoxy) is 1. The molecule has 0 amide bonds. The fourth-order valence-electron chi connectivity index (χ4n) is 2.13. The van der Waals surface area contributed by atoms with Gasteiger partial charge in [-0.05, 0) is 41.8 Å². The standard InChI is InChI=1S/C16H15NO3/c1-11(18)10-15-13(12-6-8-17-9-7-12)4-3-5-14(15)16(19)20-2/h3-9H,10H2,1-2H3. The minimum atomic E-state index is -0.433. The normalized spacial score (nSPS) is 10.1. The van der Waals surface area contributed by atoms with Crippen molar-refractivity contribution in [2.75, 3.05) is 7.11 Å². The summed E-state index contributed by atoms with van der Waals surface area (Å²) >= 11 is 0. The van der Waals surface area contributed by atoms with Crippen molar-refractivity contribution in [3.63, 3.8) is 0 Å². The Bertz CT molecular complexity index is 635. The molecule has 0 aliphatic carbocycles. The Morgan fingerprint density at radius 2 is 1.85 bits per heavy atom. The summed E-state index contributed by atoms with van der Waals surface area (Å²) in [5, 5.41) is 0. The molecule has 0 atom stereocenters. The molecule has 2 rings (SSSR count). The van der Waals surface area contributed by atoms with Crippen molar-refractivity contribution < 1.29 is 14.3 Å². The molecule has 0 radical (unpaired) electrons. The summed E-state index contributed by atoms with van der Waals surface area (Å²) in [6, 6.07) is 9.04. The molecule has 2 aromatic rings. The second-order valence-electron chi connectivity index (χ2n) is 4.44. The number of ketones is 1. The molecule has 0 saturated heterocycles. The van der Waals surface area contributed by atoms with Crippen LogP contribution in [-0.2, 0) is 16.0 Å². The Hall–Kier alpha value is -2.49. The third-order valence-corrected chi connectivity index (χ3v) is 3.00. The number of rotatable bonds is 4. The van der Waals surface area contributed by atoms with Gasteiger partial charge in [-0.25, -0.2) is 4.79 Å². The molecule has 4 heteroatoms. The van der Waals surface area contributed by atoms with Crippen molar-refractivity contribution >= 4 is 11.8 Å². The quantitative estimate of drug-likeness (QED) is 0.801. The van der Waals surface area contributed by atoms with Gasteiger partial charge in [-0.3, -0.25) is 9.78 Å². The first-order valence-electron chi connectivity index (χ1n) is 6.23. The molecular weight excluding hydrogens is 254 g/mol. The molecule has 4 nitrogen and oxygen atoms in total. The van der Waals surface area contributed by atoms with Crippen LogP contribution in [-0.4, -0.2) is 23.8 Å². The third-order valence-electron chi connectivity index (χ3n) is 3.00. The molecular formula is C16H15NO3. The second-order valence-corrected chi connectivity index (χ2v) is 4.44. The molecule has 0 N–H and O–H groups in total. The zero-order valence-corrected chi connectivity index (χ0v) is 11.4. The molecule has 0 saturated carbocycles. The van der Waals surface area contributed by atoms with Gasteiger partial charge in [-0.1, -0.05) is 12.1 Å². The zero-order chi connectivity index (χ0) is 14.5. The number of carbonyl (C=O) groups excluding carboxylic acids is 2. The van der Waals surface area contributed by atoms with E-state index >= 15 is 0 Å². The van der Waals surface area contributed by atoms with Crippen LogP contribution in [0.25, 0.3) is 11.1 Å². The summed E-state index contributed by atoms with van der Waals surface area (Å²) in [5.74, 6) is -0.436. The first-order chi connectivity index (χ1) is 9.63. The fourth-order valence-corrected chi connectivity index (χ4v) is 2.13. The highest BCUT2D eigenvalue weighted by atomic mass is 16.5. The highest BCUT2D eigenvalue weighted by Crippen LogP contribution is 2.27. The number of benzene rings is 1. The van der Waals surface area contributed by atoms with Crippen LogP contribution >= 0.6 is 0 Å². The number of carbonyl (C=O) groups is 2. The van der Waals surface area contributed by atoms with Gasteiger partial charge in [0.15, 0.2) is 0 Å². The van der Waals surface area contributed by atoms with E-state index in [4.69, 9.17) is 4.74 Å². The number of esters is 1. The van der Waals surface area contributed by atoms with E-state index < -0.39 is 5.97 Å². The average Bonchev–Trinajstić information content (AvgIpc) is 2.47. The number of hydrogen-bond acceptors (Lipinski definition) is 4. The van der Waals surface area contributed by atoms with Crippen LogP contribution in [0.2, 0.25) is 0 Å². The van der Waals surface area contributed by atoms with E-state index in [0.29, 0.717) is 11.1 Å². The Morgan fingerprint density at radius 1 is 1.15 bits per heavy atom. The maximum absolute atomic E-state index is 11.9. The molecule has 1 aromatic heterocycles. The van der Waals surface area contributed by atoms with E-state index in [0.717, 1.165) is 11.1 Å². The zero-order valence-electron chi connectivity index (χ0n) is 11.4. The second kappa shape index (κ2) is 6.10. The lowest BCUT2D eigenvalue weighted by Gasteiger charge is -2.12. The Kier molecular flexibility index (Phi) is 4.25. The predicted octanol–water partition coefficient (Wildman–Crippen LogP) is 2.67. The van der Waals surface area contributed by atoms with Gasteiger partial charge in [0.2, 0.25) is 0 Å². The minimum absolute atomic E-state index is 0.00309. The molecule has 0 fully saturated rings. The van der Waals surface area contributed by atoms with Crippen LogP contribution in [0.4, 0.5) is 0 Å². The van der Waals surface area contributed by atoms with Gasteiger partial charge in [0, 0.05) is 18.8 Å². The molecule has 0 aliphatic rings. The molecule has 0 bridgehead atoms. The first kappa shape index (κ1) is 13.9. The number of nitrogens with zero attached hydrogens (tertiary/aromatic N) is 1. The molecule has 0 unspecified atom stereocenters. The minimum Gasteiger partial charge on any atom is -0.465 e. The van der Waals surface area contributed by atoms with E-state index in [-0.39, 0.29) is 12.2 Å². The largest absolute Gasteiger partial charge is 0.465 e. The number of methoxy groups -OCH3 is 1. The highest BCUT2D eigenvalue weighted by Gasteiger charge is 2.17.